The zero-order valence-electron chi connectivity index (χ0n) is 13.0. The molecule has 1 atom stereocenters. The van der Waals surface area contributed by atoms with Gasteiger partial charge in [-0.2, -0.15) is 0 Å². The molecule has 2 fully saturated rings. The second-order valence-corrected chi connectivity index (χ2v) is 6.18. The number of ether oxygens (including phenoxy) is 3. The molecule has 2 aliphatic rings. The molecule has 1 spiro atoms. The minimum absolute atomic E-state index is 0.0804. The number of piperidine rings is 1. The lowest BCUT2D eigenvalue weighted by Gasteiger charge is -2.38. The van der Waals surface area contributed by atoms with Gasteiger partial charge in [-0.3, -0.25) is 4.90 Å². The molecule has 2 aliphatic heterocycles. The van der Waals surface area contributed by atoms with E-state index < -0.39 is 0 Å². The molecule has 0 amide bonds. The van der Waals surface area contributed by atoms with Crippen LogP contribution in [0.3, 0.4) is 0 Å². The number of benzene rings is 1. The van der Waals surface area contributed by atoms with Crippen molar-refractivity contribution in [2.75, 3.05) is 33.9 Å². The van der Waals surface area contributed by atoms with E-state index in [4.69, 9.17) is 14.2 Å². The molecule has 2 saturated heterocycles. The van der Waals surface area contributed by atoms with Crippen molar-refractivity contribution in [3.8, 4) is 5.75 Å². The molecule has 2 heterocycles. The van der Waals surface area contributed by atoms with E-state index in [0.29, 0.717) is 0 Å². The summed E-state index contributed by atoms with van der Waals surface area (Å²) in [6.07, 6.45) is 3.57. The van der Waals surface area contributed by atoms with Gasteiger partial charge in [0.25, 0.3) is 0 Å². The van der Waals surface area contributed by atoms with Crippen molar-refractivity contribution in [2.24, 2.45) is 0 Å². The van der Waals surface area contributed by atoms with E-state index in [1.54, 1.807) is 14.2 Å². The summed E-state index contributed by atoms with van der Waals surface area (Å²) in [6, 6.07) is 8.36. The summed E-state index contributed by atoms with van der Waals surface area (Å²) in [5.41, 5.74) is 1.42. The van der Waals surface area contributed by atoms with Gasteiger partial charge in [-0.1, -0.05) is 12.1 Å². The topological polar surface area (TPSA) is 30.9 Å². The first kappa shape index (κ1) is 14.8. The Balaban J connectivity index is 1.51. The Kier molecular flexibility index (Phi) is 4.48. The minimum Gasteiger partial charge on any atom is -0.497 e. The van der Waals surface area contributed by atoms with E-state index in [2.05, 4.69) is 17.0 Å². The van der Waals surface area contributed by atoms with Crippen LogP contribution in [-0.4, -0.2) is 50.5 Å². The van der Waals surface area contributed by atoms with Crippen LogP contribution in [0, 0.1) is 0 Å². The van der Waals surface area contributed by atoms with Crippen LogP contribution in [0.5, 0.6) is 5.75 Å². The Morgan fingerprint density at radius 3 is 2.48 bits per heavy atom. The van der Waals surface area contributed by atoms with Crippen molar-refractivity contribution in [2.45, 2.75) is 37.5 Å². The lowest BCUT2D eigenvalue weighted by molar-refractivity contribution is -0.0460. The number of methoxy groups -OCH3 is 2. The molecule has 0 bridgehead atoms. The minimum atomic E-state index is 0.0804. The quantitative estimate of drug-likeness (QED) is 0.853. The molecule has 0 aliphatic carbocycles. The first-order chi connectivity index (χ1) is 10.2. The molecule has 1 unspecified atom stereocenters. The van der Waals surface area contributed by atoms with Crippen molar-refractivity contribution >= 4 is 0 Å². The van der Waals surface area contributed by atoms with Gasteiger partial charge < -0.3 is 14.2 Å². The Morgan fingerprint density at radius 1 is 1.19 bits per heavy atom. The van der Waals surface area contributed by atoms with Gasteiger partial charge in [0.1, 0.15) is 5.75 Å². The van der Waals surface area contributed by atoms with Crippen molar-refractivity contribution in [3.05, 3.63) is 29.8 Å². The SMILES string of the molecule is COc1ccc(CN2CCC3(CC2)CC(OC)CO3)cc1. The first-order valence-electron chi connectivity index (χ1n) is 7.75. The van der Waals surface area contributed by atoms with Crippen LogP contribution in [0.25, 0.3) is 0 Å². The van der Waals surface area contributed by atoms with E-state index >= 15 is 0 Å². The van der Waals surface area contributed by atoms with Gasteiger partial charge in [-0.25, -0.2) is 0 Å². The van der Waals surface area contributed by atoms with Gasteiger partial charge in [0.2, 0.25) is 0 Å². The Hall–Kier alpha value is -1.10. The molecule has 0 saturated carbocycles. The summed E-state index contributed by atoms with van der Waals surface area (Å²) in [6.45, 7) is 3.97. The second-order valence-electron chi connectivity index (χ2n) is 6.18. The van der Waals surface area contributed by atoms with Gasteiger partial charge in [-0.15, -0.1) is 0 Å². The first-order valence-corrected chi connectivity index (χ1v) is 7.75. The van der Waals surface area contributed by atoms with Gasteiger partial charge >= 0.3 is 0 Å². The van der Waals surface area contributed by atoms with Crippen LogP contribution in [-0.2, 0) is 16.0 Å². The fourth-order valence-corrected chi connectivity index (χ4v) is 3.41. The average molecular weight is 291 g/mol. The monoisotopic (exact) mass is 291 g/mol. The summed E-state index contributed by atoms with van der Waals surface area (Å²) in [7, 11) is 3.49. The van der Waals surface area contributed by atoms with Crippen LogP contribution < -0.4 is 4.74 Å². The maximum Gasteiger partial charge on any atom is 0.118 e. The molecule has 4 nitrogen and oxygen atoms in total. The van der Waals surface area contributed by atoms with E-state index in [0.717, 1.165) is 51.3 Å². The van der Waals surface area contributed by atoms with Gasteiger partial charge in [0.15, 0.2) is 0 Å². The molecule has 0 N–H and O–H groups in total. The van der Waals surface area contributed by atoms with Gasteiger partial charge in [-0.05, 0) is 30.5 Å². The molecular weight excluding hydrogens is 266 g/mol. The third kappa shape index (κ3) is 3.39. The van der Waals surface area contributed by atoms with Crippen LogP contribution >= 0.6 is 0 Å². The maximum atomic E-state index is 6.05. The predicted molar refractivity (Wildman–Crippen MR) is 81.6 cm³/mol. The van der Waals surface area contributed by atoms with Gasteiger partial charge in [0, 0.05) is 33.2 Å². The molecule has 1 aromatic rings. The van der Waals surface area contributed by atoms with Crippen molar-refractivity contribution < 1.29 is 14.2 Å². The Bertz CT molecular complexity index is 452. The molecule has 116 valence electrons. The van der Waals surface area contributed by atoms with Crippen molar-refractivity contribution in [1.82, 2.24) is 4.90 Å². The highest BCUT2D eigenvalue weighted by molar-refractivity contribution is 5.27. The zero-order valence-corrected chi connectivity index (χ0v) is 13.0. The van der Waals surface area contributed by atoms with Crippen LogP contribution in [0.4, 0.5) is 0 Å². The van der Waals surface area contributed by atoms with E-state index in [-0.39, 0.29) is 11.7 Å². The summed E-state index contributed by atoms with van der Waals surface area (Å²) in [4.78, 5) is 2.51. The van der Waals surface area contributed by atoms with Crippen molar-refractivity contribution in [3.63, 3.8) is 0 Å². The number of likely N-dealkylation sites (tertiary alicyclic amines) is 1. The Labute approximate surface area is 127 Å². The largest absolute Gasteiger partial charge is 0.497 e. The summed E-state index contributed by atoms with van der Waals surface area (Å²) < 4.78 is 16.7. The molecule has 1 aromatic carbocycles. The van der Waals surface area contributed by atoms with Crippen molar-refractivity contribution in [1.29, 1.82) is 0 Å². The highest BCUT2D eigenvalue weighted by Gasteiger charge is 2.42. The summed E-state index contributed by atoms with van der Waals surface area (Å²) in [5, 5.41) is 0. The van der Waals surface area contributed by atoms with E-state index in [9.17, 15) is 0 Å². The molecule has 0 aromatic heterocycles. The lowest BCUT2D eigenvalue weighted by Crippen LogP contribution is -2.43. The summed E-state index contributed by atoms with van der Waals surface area (Å²) in [5.74, 6) is 0.918. The number of nitrogens with zero attached hydrogens (tertiary/aromatic N) is 1. The molecule has 3 rings (SSSR count). The van der Waals surface area contributed by atoms with E-state index in [1.807, 2.05) is 12.1 Å². The number of hydrogen-bond acceptors (Lipinski definition) is 4. The highest BCUT2D eigenvalue weighted by atomic mass is 16.6. The second kappa shape index (κ2) is 6.34. The maximum absolute atomic E-state index is 6.05. The van der Waals surface area contributed by atoms with E-state index in [1.165, 1.54) is 5.56 Å². The van der Waals surface area contributed by atoms with Gasteiger partial charge in [0.05, 0.1) is 25.4 Å². The zero-order chi connectivity index (χ0) is 14.7. The third-order valence-electron chi connectivity index (χ3n) is 4.84. The fourth-order valence-electron chi connectivity index (χ4n) is 3.41. The average Bonchev–Trinajstić information content (AvgIpc) is 2.94. The fraction of sp³-hybridized carbons (Fsp3) is 0.647. The normalized spacial score (nSPS) is 25.3. The summed E-state index contributed by atoms with van der Waals surface area (Å²) >= 11 is 0. The lowest BCUT2D eigenvalue weighted by atomic mass is 9.88. The molecule has 4 heteroatoms. The highest BCUT2D eigenvalue weighted by Crippen LogP contribution is 2.37. The van der Waals surface area contributed by atoms with Crippen LogP contribution in [0.15, 0.2) is 24.3 Å². The standard InChI is InChI=1S/C17H25NO3/c1-19-15-5-3-14(4-6-15)12-18-9-7-17(8-10-18)11-16(20-2)13-21-17/h3-6,16H,7-13H2,1-2H3. The van der Waals surface area contributed by atoms with Crippen LogP contribution in [0.1, 0.15) is 24.8 Å². The third-order valence-corrected chi connectivity index (χ3v) is 4.84. The number of hydrogen-bond donors (Lipinski definition) is 0. The Morgan fingerprint density at radius 2 is 1.90 bits per heavy atom. The molecular formula is C17H25NO3. The molecule has 21 heavy (non-hydrogen) atoms. The van der Waals surface area contributed by atoms with Crippen LogP contribution in [0.2, 0.25) is 0 Å². The number of rotatable bonds is 4. The molecule has 0 radical (unpaired) electrons. The predicted octanol–water partition coefficient (Wildman–Crippen LogP) is 2.47. The smallest absolute Gasteiger partial charge is 0.118 e.